The average Bonchev–Trinajstić information content (AvgIpc) is 2.72. The van der Waals surface area contributed by atoms with Gasteiger partial charge in [0.25, 0.3) is 0 Å². The summed E-state index contributed by atoms with van der Waals surface area (Å²) in [7, 11) is 8.53. The predicted molar refractivity (Wildman–Crippen MR) is 118 cm³/mol. The predicted octanol–water partition coefficient (Wildman–Crippen LogP) is 4.43. The van der Waals surface area contributed by atoms with Crippen molar-refractivity contribution < 1.29 is 19.0 Å². The molecule has 0 bridgehead atoms. The average molecular weight is 399 g/mol. The summed E-state index contributed by atoms with van der Waals surface area (Å²) >= 11 is 0. The maximum Gasteiger partial charge on any atom is 0.189 e. The molecule has 0 amide bonds. The smallest absolute Gasteiger partial charge is 0.189 e. The lowest BCUT2D eigenvalue weighted by atomic mass is 9.96. The summed E-state index contributed by atoms with van der Waals surface area (Å²) in [5.74, 6) is 1.71. The molecule has 6 nitrogen and oxygen atoms in total. The van der Waals surface area contributed by atoms with Gasteiger partial charge in [-0.25, -0.2) is 0 Å². The van der Waals surface area contributed by atoms with Crippen molar-refractivity contribution in [2.24, 2.45) is 0 Å². The fraction of sp³-hybridized carbons (Fsp3) is 0.348. The third-order valence-electron chi connectivity index (χ3n) is 4.65. The van der Waals surface area contributed by atoms with Crippen LogP contribution in [-0.4, -0.2) is 41.2 Å². The van der Waals surface area contributed by atoms with Crippen molar-refractivity contribution in [2.75, 3.05) is 46.1 Å². The Kier molecular flexibility index (Phi) is 7.53. The number of carbonyl (C=O) groups is 1. The highest BCUT2D eigenvalue weighted by molar-refractivity contribution is 6.12. The van der Waals surface area contributed by atoms with Crippen LogP contribution in [0.25, 0.3) is 6.08 Å². The molecule has 0 saturated heterocycles. The van der Waals surface area contributed by atoms with E-state index in [9.17, 15) is 4.79 Å². The number of methoxy groups -OCH3 is 3. The van der Waals surface area contributed by atoms with Gasteiger partial charge in [0.05, 0.1) is 32.7 Å². The third kappa shape index (κ3) is 5.02. The number of nitrogens with two attached hydrogens (primary N) is 1. The van der Waals surface area contributed by atoms with Crippen molar-refractivity contribution in [2.45, 2.75) is 19.8 Å². The number of anilines is 2. The minimum atomic E-state index is -0.0354. The van der Waals surface area contributed by atoms with Gasteiger partial charge in [-0.05, 0) is 36.8 Å². The molecular weight excluding hydrogens is 368 g/mol. The van der Waals surface area contributed by atoms with E-state index in [0.717, 1.165) is 17.7 Å². The Morgan fingerprint density at radius 1 is 1.00 bits per heavy atom. The molecule has 0 unspecified atom stereocenters. The normalized spacial score (nSPS) is 11.2. The van der Waals surface area contributed by atoms with Crippen LogP contribution in [0, 0.1) is 0 Å². The Bertz CT molecular complexity index is 904. The van der Waals surface area contributed by atoms with E-state index in [0.29, 0.717) is 40.5 Å². The van der Waals surface area contributed by atoms with E-state index in [1.807, 2.05) is 44.1 Å². The van der Waals surface area contributed by atoms with Crippen LogP contribution in [0.1, 0.15) is 35.7 Å². The maximum absolute atomic E-state index is 13.3. The molecule has 156 valence electrons. The standard InChI is InChI=1S/C23H30N2O4/c1-7-8-15(23(26)16-9-10-18(24)19(12-16)25(2)3)11-17-13-21(28-5)22(29-6)14-20(17)27-4/h9-14H,7-8,24H2,1-6H3. The van der Waals surface area contributed by atoms with E-state index in [1.54, 1.807) is 39.5 Å². The lowest BCUT2D eigenvalue weighted by molar-refractivity contribution is 0.103. The summed E-state index contributed by atoms with van der Waals surface area (Å²) in [6.07, 6.45) is 3.33. The van der Waals surface area contributed by atoms with Crippen LogP contribution in [-0.2, 0) is 0 Å². The van der Waals surface area contributed by atoms with E-state index >= 15 is 0 Å². The van der Waals surface area contributed by atoms with Gasteiger partial charge in [-0.1, -0.05) is 13.3 Å². The number of ketones is 1. The van der Waals surface area contributed by atoms with Gasteiger partial charge in [0.2, 0.25) is 0 Å². The molecule has 2 aromatic carbocycles. The number of hydrogen-bond acceptors (Lipinski definition) is 6. The number of benzene rings is 2. The summed E-state index contributed by atoms with van der Waals surface area (Å²) in [5, 5.41) is 0. The number of Topliss-reactive ketones (excluding diaryl/α,β-unsaturated/α-hetero) is 1. The summed E-state index contributed by atoms with van der Waals surface area (Å²) in [5.41, 5.74) is 9.53. The summed E-state index contributed by atoms with van der Waals surface area (Å²) in [4.78, 5) is 15.2. The lowest BCUT2D eigenvalue weighted by Gasteiger charge is -2.17. The van der Waals surface area contributed by atoms with E-state index in [1.165, 1.54) is 0 Å². The summed E-state index contributed by atoms with van der Waals surface area (Å²) in [6.45, 7) is 2.04. The quantitative estimate of drug-likeness (QED) is 0.383. The van der Waals surface area contributed by atoms with Crippen LogP contribution in [0.5, 0.6) is 17.2 Å². The number of nitrogen functional groups attached to an aromatic ring is 1. The minimum Gasteiger partial charge on any atom is -0.496 e. The molecule has 0 aliphatic carbocycles. The molecule has 0 aromatic heterocycles. The molecule has 2 rings (SSSR count). The van der Waals surface area contributed by atoms with Gasteiger partial charge in [-0.3, -0.25) is 4.79 Å². The summed E-state index contributed by atoms with van der Waals surface area (Å²) in [6, 6.07) is 8.93. The molecule has 0 heterocycles. The maximum atomic E-state index is 13.3. The molecule has 0 saturated carbocycles. The van der Waals surface area contributed by atoms with Crippen molar-refractivity contribution in [3.63, 3.8) is 0 Å². The molecule has 0 radical (unpaired) electrons. The first-order chi connectivity index (χ1) is 13.9. The van der Waals surface area contributed by atoms with E-state index in [-0.39, 0.29) is 5.78 Å². The third-order valence-corrected chi connectivity index (χ3v) is 4.65. The first-order valence-electron chi connectivity index (χ1n) is 9.48. The number of rotatable bonds is 9. The number of hydrogen-bond donors (Lipinski definition) is 1. The van der Waals surface area contributed by atoms with Crippen molar-refractivity contribution in [1.82, 2.24) is 0 Å². The largest absolute Gasteiger partial charge is 0.496 e. The van der Waals surface area contributed by atoms with Crippen LogP contribution in [0.3, 0.4) is 0 Å². The molecule has 0 fully saturated rings. The highest BCUT2D eigenvalue weighted by Gasteiger charge is 2.17. The van der Waals surface area contributed by atoms with Crippen LogP contribution in [0.2, 0.25) is 0 Å². The zero-order valence-corrected chi connectivity index (χ0v) is 18.0. The zero-order chi connectivity index (χ0) is 21.6. The first-order valence-corrected chi connectivity index (χ1v) is 9.48. The van der Waals surface area contributed by atoms with E-state index in [2.05, 4.69) is 0 Å². The number of carbonyl (C=O) groups excluding carboxylic acids is 1. The fourth-order valence-corrected chi connectivity index (χ4v) is 3.13. The SMILES string of the molecule is CCCC(=Cc1cc(OC)c(OC)cc1OC)C(=O)c1ccc(N)c(N(C)C)c1. The Balaban J connectivity index is 2.55. The Hall–Kier alpha value is -3.15. The van der Waals surface area contributed by atoms with Crippen molar-refractivity contribution in [3.8, 4) is 17.2 Å². The molecule has 0 aliphatic rings. The number of ether oxygens (including phenoxy) is 3. The highest BCUT2D eigenvalue weighted by Crippen LogP contribution is 2.36. The van der Waals surface area contributed by atoms with Crippen LogP contribution >= 0.6 is 0 Å². The zero-order valence-electron chi connectivity index (χ0n) is 18.0. The van der Waals surface area contributed by atoms with Gasteiger partial charge < -0.3 is 24.8 Å². The Morgan fingerprint density at radius 2 is 1.62 bits per heavy atom. The molecule has 0 spiro atoms. The topological polar surface area (TPSA) is 74.0 Å². The molecular formula is C23H30N2O4. The second-order valence-corrected chi connectivity index (χ2v) is 6.87. The molecule has 2 aromatic rings. The summed E-state index contributed by atoms with van der Waals surface area (Å²) < 4.78 is 16.2. The van der Waals surface area contributed by atoms with Crippen LogP contribution in [0.15, 0.2) is 35.9 Å². The van der Waals surface area contributed by atoms with Gasteiger partial charge >= 0.3 is 0 Å². The van der Waals surface area contributed by atoms with Gasteiger partial charge in [-0.2, -0.15) is 0 Å². The van der Waals surface area contributed by atoms with Crippen molar-refractivity contribution in [3.05, 3.63) is 47.0 Å². The molecule has 6 heteroatoms. The van der Waals surface area contributed by atoms with Crippen LogP contribution < -0.4 is 24.8 Å². The Morgan fingerprint density at radius 3 is 2.17 bits per heavy atom. The molecule has 0 atom stereocenters. The highest BCUT2D eigenvalue weighted by atomic mass is 16.5. The van der Waals surface area contributed by atoms with Crippen molar-refractivity contribution in [1.29, 1.82) is 0 Å². The van der Waals surface area contributed by atoms with Gasteiger partial charge in [0, 0.05) is 36.9 Å². The number of nitrogens with zero attached hydrogens (tertiary/aromatic N) is 1. The monoisotopic (exact) mass is 398 g/mol. The number of allylic oxidation sites excluding steroid dienone is 1. The van der Waals surface area contributed by atoms with E-state index < -0.39 is 0 Å². The van der Waals surface area contributed by atoms with Gasteiger partial charge in [0.15, 0.2) is 17.3 Å². The minimum absolute atomic E-state index is 0.0354. The van der Waals surface area contributed by atoms with Gasteiger partial charge in [-0.15, -0.1) is 0 Å². The molecule has 2 N–H and O–H groups in total. The Labute approximate surface area is 172 Å². The van der Waals surface area contributed by atoms with E-state index in [4.69, 9.17) is 19.9 Å². The van der Waals surface area contributed by atoms with Gasteiger partial charge in [0.1, 0.15) is 5.75 Å². The fourth-order valence-electron chi connectivity index (χ4n) is 3.13. The second kappa shape index (κ2) is 9.87. The van der Waals surface area contributed by atoms with Crippen molar-refractivity contribution >= 4 is 23.2 Å². The van der Waals surface area contributed by atoms with Crippen LogP contribution in [0.4, 0.5) is 11.4 Å². The lowest BCUT2D eigenvalue weighted by Crippen LogP contribution is -2.13. The molecule has 0 aliphatic heterocycles. The molecule has 29 heavy (non-hydrogen) atoms. The first kappa shape index (κ1) is 22.1. The second-order valence-electron chi connectivity index (χ2n) is 6.87.